The first-order valence-electron chi connectivity index (χ1n) is 1.61. The van der Waals surface area contributed by atoms with Gasteiger partial charge in [-0.1, -0.05) is 0 Å². The third kappa shape index (κ3) is 76.5. The first kappa shape index (κ1) is 16.8. The van der Waals surface area contributed by atoms with Crippen molar-refractivity contribution in [2.24, 2.45) is 0 Å². The van der Waals surface area contributed by atoms with E-state index in [1.165, 1.54) is 0 Å². The predicted octanol–water partition coefficient (Wildman–Crippen LogP) is -4.59. The fraction of sp³-hybridized carbons (Fsp3) is 0.500. The maximum absolute atomic E-state index is 9.12. The molecule has 10 heavy (non-hydrogen) atoms. The van der Waals surface area contributed by atoms with E-state index >= 15 is 0 Å². The number of carbonyl (C=O) groups is 1. The summed E-state index contributed by atoms with van der Waals surface area (Å²) in [5.74, 6) is -1.19. The molecule has 56 valence electrons. The standard InChI is InChI=1S/C2H4O3.Na.H2O3S/c3-1-2(4)5;;1-4(2)3/h3H,1H2,(H,4,5);;(H2,1,2,3)/q;+1;/p-1. The van der Waals surface area contributed by atoms with Crippen LogP contribution in [0.15, 0.2) is 0 Å². The Bertz CT molecular complexity index is 99.9. The molecule has 0 amide bonds. The zero-order valence-corrected chi connectivity index (χ0v) is 8.00. The number of aliphatic carboxylic acids is 1. The summed E-state index contributed by atoms with van der Waals surface area (Å²) in [6.07, 6.45) is 0. The normalized spacial score (nSPS) is 9.90. The molecular weight excluding hydrogens is 175 g/mol. The first-order valence-corrected chi connectivity index (χ1v) is 2.65. The van der Waals surface area contributed by atoms with Crippen LogP contribution in [0.1, 0.15) is 0 Å². The van der Waals surface area contributed by atoms with Crippen molar-refractivity contribution in [2.75, 3.05) is 6.61 Å². The van der Waals surface area contributed by atoms with Gasteiger partial charge in [0.15, 0.2) is 0 Å². The molecule has 0 radical (unpaired) electrons. The Balaban J connectivity index is -0.0000000910. The summed E-state index contributed by atoms with van der Waals surface area (Å²) in [5, 5.41) is 15.0. The van der Waals surface area contributed by atoms with Crippen molar-refractivity contribution in [3.63, 3.8) is 0 Å². The molecule has 1 atom stereocenters. The van der Waals surface area contributed by atoms with Gasteiger partial charge in [0, 0.05) is 0 Å². The first-order chi connectivity index (χ1) is 4.00. The molecule has 0 bridgehead atoms. The van der Waals surface area contributed by atoms with Crippen molar-refractivity contribution in [3.05, 3.63) is 0 Å². The molecule has 0 aromatic carbocycles. The van der Waals surface area contributed by atoms with Crippen molar-refractivity contribution >= 4 is 17.3 Å². The van der Waals surface area contributed by atoms with Gasteiger partial charge in [0.1, 0.15) is 6.61 Å². The summed E-state index contributed by atoms with van der Waals surface area (Å²) in [6, 6.07) is 0. The third-order valence-electron chi connectivity index (χ3n) is 0.135. The fourth-order valence-electron chi connectivity index (χ4n) is 0. The van der Waals surface area contributed by atoms with E-state index in [0.717, 1.165) is 0 Å². The molecule has 0 heterocycles. The molecular formula is C2H5NaO6S. The van der Waals surface area contributed by atoms with Crippen molar-refractivity contribution in [3.8, 4) is 0 Å². The maximum atomic E-state index is 9.12. The molecule has 8 heteroatoms. The van der Waals surface area contributed by atoms with Gasteiger partial charge in [-0.2, -0.15) is 0 Å². The zero-order chi connectivity index (χ0) is 7.86. The molecule has 0 aliphatic rings. The molecule has 0 aromatic heterocycles. The smallest absolute Gasteiger partial charge is 0.750 e. The number of hydrogen-bond acceptors (Lipinski definition) is 4. The van der Waals surface area contributed by atoms with Crippen molar-refractivity contribution in [2.45, 2.75) is 0 Å². The Hall–Kier alpha value is 0.500. The van der Waals surface area contributed by atoms with Gasteiger partial charge in [-0.15, -0.1) is 0 Å². The summed E-state index contributed by atoms with van der Waals surface area (Å²) in [6.45, 7) is -0.778. The molecule has 0 aliphatic carbocycles. The van der Waals surface area contributed by atoms with Crippen LogP contribution >= 0.6 is 0 Å². The minimum atomic E-state index is -2.86. The van der Waals surface area contributed by atoms with E-state index in [4.69, 9.17) is 28.3 Å². The molecule has 0 aliphatic heterocycles. The van der Waals surface area contributed by atoms with Gasteiger partial charge >= 0.3 is 35.5 Å². The SMILES string of the molecule is O=C(O)CO.O=S([O-])O.[Na+]. The summed E-state index contributed by atoms with van der Waals surface area (Å²) >= 11 is -2.86. The monoisotopic (exact) mass is 180 g/mol. The van der Waals surface area contributed by atoms with Crippen LogP contribution in [-0.2, 0) is 16.2 Å². The van der Waals surface area contributed by atoms with Crippen LogP contribution in [0.5, 0.6) is 0 Å². The topological polar surface area (TPSA) is 118 Å². The quantitative estimate of drug-likeness (QED) is 0.276. The van der Waals surface area contributed by atoms with E-state index in [9.17, 15) is 0 Å². The average Bonchev–Trinajstić information content (AvgIpc) is 1.65. The third-order valence-corrected chi connectivity index (χ3v) is 0.135. The second kappa shape index (κ2) is 12.2. The van der Waals surface area contributed by atoms with Gasteiger partial charge in [-0.25, -0.2) is 9.00 Å². The number of aliphatic hydroxyl groups is 1. The Morgan fingerprint density at radius 3 is 1.70 bits per heavy atom. The van der Waals surface area contributed by atoms with Crippen LogP contribution < -0.4 is 29.6 Å². The largest absolute Gasteiger partial charge is 1.00 e. The number of carboxylic acid groups (broad SMARTS) is 1. The van der Waals surface area contributed by atoms with Gasteiger partial charge in [-0.3, -0.25) is 0 Å². The second-order valence-electron chi connectivity index (χ2n) is 0.769. The summed E-state index contributed by atoms with van der Waals surface area (Å²) in [5.41, 5.74) is 0. The molecule has 0 saturated carbocycles. The van der Waals surface area contributed by atoms with E-state index in [1.807, 2.05) is 0 Å². The van der Waals surface area contributed by atoms with E-state index in [1.54, 1.807) is 0 Å². The molecule has 0 spiro atoms. The molecule has 3 N–H and O–H groups in total. The van der Waals surface area contributed by atoms with Crippen molar-refractivity contribution in [1.82, 2.24) is 0 Å². The van der Waals surface area contributed by atoms with E-state index in [2.05, 4.69) is 0 Å². The Labute approximate surface area is 81.7 Å². The summed E-state index contributed by atoms with van der Waals surface area (Å²) in [7, 11) is 0. The van der Waals surface area contributed by atoms with Crippen molar-refractivity contribution in [1.29, 1.82) is 0 Å². The van der Waals surface area contributed by atoms with E-state index in [0.29, 0.717) is 0 Å². The zero-order valence-electron chi connectivity index (χ0n) is 5.18. The Morgan fingerprint density at radius 2 is 1.70 bits per heavy atom. The van der Waals surface area contributed by atoms with Crippen LogP contribution in [-0.4, -0.2) is 36.1 Å². The van der Waals surface area contributed by atoms with Gasteiger partial charge in [0.2, 0.25) is 0 Å². The molecule has 0 fully saturated rings. The van der Waals surface area contributed by atoms with Crippen LogP contribution in [0.3, 0.4) is 0 Å². The number of rotatable bonds is 1. The van der Waals surface area contributed by atoms with E-state index < -0.39 is 23.9 Å². The molecule has 0 rings (SSSR count). The molecule has 6 nitrogen and oxygen atoms in total. The van der Waals surface area contributed by atoms with Crippen LogP contribution in [0, 0.1) is 0 Å². The minimum Gasteiger partial charge on any atom is -0.750 e. The average molecular weight is 180 g/mol. The van der Waals surface area contributed by atoms with Crippen molar-refractivity contribution < 1.29 is 57.9 Å². The minimum absolute atomic E-state index is 0. The van der Waals surface area contributed by atoms with Crippen LogP contribution in [0.4, 0.5) is 0 Å². The maximum Gasteiger partial charge on any atom is 1.00 e. The second-order valence-corrected chi connectivity index (χ2v) is 1.20. The number of aliphatic hydroxyl groups excluding tert-OH is 1. The van der Waals surface area contributed by atoms with Crippen LogP contribution in [0.25, 0.3) is 0 Å². The molecule has 1 unspecified atom stereocenters. The van der Waals surface area contributed by atoms with Gasteiger partial charge < -0.3 is 19.3 Å². The predicted molar refractivity (Wildman–Crippen MR) is 26.3 cm³/mol. The molecule has 0 saturated heterocycles. The van der Waals surface area contributed by atoms with Gasteiger partial charge in [0.25, 0.3) is 0 Å². The van der Waals surface area contributed by atoms with Gasteiger partial charge in [0.05, 0.1) is 11.4 Å². The van der Waals surface area contributed by atoms with Gasteiger partial charge in [-0.05, 0) is 0 Å². The van der Waals surface area contributed by atoms with Crippen LogP contribution in [0.2, 0.25) is 0 Å². The molecule has 0 aromatic rings. The summed E-state index contributed by atoms with van der Waals surface area (Å²) < 4.78 is 24.1. The Kier molecular flexibility index (Phi) is 20.6. The summed E-state index contributed by atoms with van der Waals surface area (Å²) in [4.78, 5) is 9.12. The Morgan fingerprint density at radius 1 is 1.60 bits per heavy atom. The fourth-order valence-corrected chi connectivity index (χ4v) is 0. The number of hydrogen-bond donors (Lipinski definition) is 3. The van der Waals surface area contributed by atoms with E-state index in [-0.39, 0.29) is 29.6 Å². The number of carboxylic acids is 1.